The van der Waals surface area contributed by atoms with Crippen LogP contribution in [0.15, 0.2) is 72.8 Å². The summed E-state index contributed by atoms with van der Waals surface area (Å²) in [6.45, 7) is 2.23. The van der Waals surface area contributed by atoms with Crippen molar-refractivity contribution in [3.63, 3.8) is 0 Å². The van der Waals surface area contributed by atoms with Gasteiger partial charge in [0.25, 0.3) is 0 Å². The Morgan fingerprint density at radius 2 is 1.74 bits per heavy atom. The molecule has 0 radical (unpaired) electrons. The van der Waals surface area contributed by atoms with Crippen molar-refractivity contribution in [2.75, 3.05) is 0 Å². The molecule has 0 atom stereocenters. The Morgan fingerprint density at radius 1 is 0.935 bits per heavy atom. The van der Waals surface area contributed by atoms with Crippen molar-refractivity contribution in [2.24, 2.45) is 0 Å². The number of aryl methyl sites for hydroxylation is 1. The lowest BCUT2D eigenvalue weighted by atomic mass is 9.99. The van der Waals surface area contributed by atoms with Gasteiger partial charge in [0, 0.05) is 14.5 Å². The van der Waals surface area contributed by atoms with E-state index < -0.39 is 0 Å². The first-order chi connectivity index (χ1) is 15.1. The Balaban J connectivity index is 1.70. The molecule has 0 amide bonds. The summed E-state index contributed by atoms with van der Waals surface area (Å²) in [5, 5.41) is 13.7. The number of hydrogen-bond acceptors (Lipinski definition) is 3. The van der Waals surface area contributed by atoms with Crippen LogP contribution in [0.5, 0.6) is 5.75 Å². The number of thiazole rings is 1. The summed E-state index contributed by atoms with van der Waals surface area (Å²) in [6, 6.07) is 25.2. The molecule has 0 spiro atoms. The minimum Gasteiger partial charge on any atom is -0.507 e. The summed E-state index contributed by atoms with van der Waals surface area (Å²) in [4.78, 5) is 5.03. The molecule has 4 aromatic carbocycles. The lowest BCUT2D eigenvalue weighted by molar-refractivity contribution is 0.483. The smallest absolute Gasteiger partial charge is 0.133 e. The van der Waals surface area contributed by atoms with Crippen LogP contribution in [0.1, 0.15) is 25.3 Å². The fraction of sp³-hybridized carbons (Fsp3) is 0.148. The van der Waals surface area contributed by atoms with E-state index in [2.05, 4.69) is 72.0 Å². The van der Waals surface area contributed by atoms with Crippen molar-refractivity contribution in [2.45, 2.75) is 26.2 Å². The lowest BCUT2D eigenvalue weighted by Crippen LogP contribution is -1.88. The fourth-order valence-corrected chi connectivity index (χ4v) is 5.45. The van der Waals surface area contributed by atoms with Gasteiger partial charge in [-0.15, -0.1) is 11.3 Å². The van der Waals surface area contributed by atoms with Gasteiger partial charge in [-0.05, 0) is 82.3 Å². The third-order valence-corrected chi connectivity index (χ3v) is 7.41. The molecule has 5 rings (SSSR count). The molecule has 0 saturated carbocycles. The Hall–Kier alpha value is -2.44. The summed E-state index contributed by atoms with van der Waals surface area (Å²) in [7, 11) is 0. The highest BCUT2D eigenvalue weighted by Crippen LogP contribution is 2.42. The van der Waals surface area contributed by atoms with E-state index in [0.29, 0.717) is 5.75 Å². The summed E-state index contributed by atoms with van der Waals surface area (Å²) in [5.74, 6) is 0.305. The number of hydrogen-bond donors (Lipinski definition) is 1. The maximum Gasteiger partial charge on any atom is 0.133 e. The van der Waals surface area contributed by atoms with E-state index in [0.717, 1.165) is 33.3 Å². The van der Waals surface area contributed by atoms with Crippen molar-refractivity contribution < 1.29 is 5.11 Å². The number of benzene rings is 4. The zero-order chi connectivity index (χ0) is 21.4. The van der Waals surface area contributed by atoms with Gasteiger partial charge in [-0.2, -0.15) is 0 Å². The van der Waals surface area contributed by atoms with Crippen LogP contribution in [-0.2, 0) is 6.42 Å². The summed E-state index contributed by atoms with van der Waals surface area (Å²) >= 11 is 4.00. The summed E-state index contributed by atoms with van der Waals surface area (Å²) in [5.41, 5.74) is 5.50. The summed E-state index contributed by atoms with van der Waals surface area (Å²) in [6.07, 6.45) is 3.42. The van der Waals surface area contributed by atoms with Crippen LogP contribution in [0.4, 0.5) is 0 Å². The normalized spacial score (nSPS) is 11.4. The average molecular weight is 535 g/mol. The first-order valence-corrected chi connectivity index (χ1v) is 12.4. The van der Waals surface area contributed by atoms with Gasteiger partial charge in [-0.3, -0.25) is 0 Å². The van der Waals surface area contributed by atoms with Crippen LogP contribution < -0.4 is 0 Å². The molecule has 31 heavy (non-hydrogen) atoms. The van der Waals surface area contributed by atoms with E-state index >= 15 is 0 Å². The maximum absolute atomic E-state index is 11.0. The minimum atomic E-state index is 0.305. The van der Waals surface area contributed by atoms with E-state index in [4.69, 9.17) is 4.98 Å². The zero-order valence-corrected chi connectivity index (χ0v) is 20.2. The highest BCUT2D eigenvalue weighted by molar-refractivity contribution is 14.1. The Labute approximate surface area is 199 Å². The molecule has 154 valence electrons. The van der Waals surface area contributed by atoms with E-state index in [-0.39, 0.29) is 0 Å². The fourth-order valence-electron chi connectivity index (χ4n) is 4.00. The maximum atomic E-state index is 11.0. The van der Waals surface area contributed by atoms with Crippen molar-refractivity contribution in [1.29, 1.82) is 0 Å². The predicted octanol–water partition coefficient (Wildman–Crippen LogP) is 8.44. The monoisotopic (exact) mass is 535 g/mol. The van der Waals surface area contributed by atoms with Gasteiger partial charge >= 0.3 is 0 Å². The molecular weight excluding hydrogens is 513 g/mol. The molecule has 4 heteroatoms. The molecule has 0 bridgehead atoms. The molecule has 2 nitrogen and oxygen atoms in total. The number of rotatable bonds is 5. The molecule has 5 aromatic rings. The number of phenolic OH excluding ortho intramolecular Hbond substituents is 1. The van der Waals surface area contributed by atoms with Gasteiger partial charge < -0.3 is 5.11 Å². The highest BCUT2D eigenvalue weighted by atomic mass is 127. The second-order valence-electron chi connectivity index (χ2n) is 7.80. The van der Waals surface area contributed by atoms with Crippen molar-refractivity contribution in [3.8, 4) is 27.4 Å². The first kappa shape index (κ1) is 20.5. The van der Waals surface area contributed by atoms with Crippen molar-refractivity contribution >= 4 is 54.9 Å². The van der Waals surface area contributed by atoms with Gasteiger partial charge in [0.2, 0.25) is 0 Å². The van der Waals surface area contributed by atoms with E-state index in [1.54, 1.807) is 11.3 Å². The quantitative estimate of drug-likeness (QED) is 0.229. The topological polar surface area (TPSA) is 33.1 Å². The number of aromatic hydroxyl groups is 1. The van der Waals surface area contributed by atoms with Crippen LogP contribution in [0.25, 0.3) is 42.7 Å². The minimum absolute atomic E-state index is 0.305. The molecule has 0 aliphatic rings. The third kappa shape index (κ3) is 3.94. The van der Waals surface area contributed by atoms with Crippen LogP contribution in [-0.4, -0.2) is 10.1 Å². The number of phenols is 1. The largest absolute Gasteiger partial charge is 0.507 e. The van der Waals surface area contributed by atoms with Gasteiger partial charge in [-0.25, -0.2) is 4.98 Å². The van der Waals surface area contributed by atoms with Crippen molar-refractivity contribution in [1.82, 2.24) is 4.98 Å². The van der Waals surface area contributed by atoms with Crippen LogP contribution >= 0.6 is 33.9 Å². The second-order valence-corrected chi connectivity index (χ2v) is 10.1. The zero-order valence-electron chi connectivity index (χ0n) is 17.2. The standard InChI is InChI=1S/C27H22INOS/c1-2-3-6-17-15-23(19-9-12-20(28)13-10-19)25-24(16-17)31-27(29-25)22-14-11-18-7-4-5-8-21(18)26(22)30/h4-5,7-16,30H,2-3,6H2,1H3. The molecule has 1 aromatic heterocycles. The first-order valence-electron chi connectivity index (χ1n) is 10.5. The van der Waals surface area contributed by atoms with Crippen LogP contribution in [0.2, 0.25) is 0 Å². The molecule has 0 aliphatic heterocycles. The SMILES string of the molecule is CCCCc1cc(-c2ccc(I)cc2)c2nc(-c3ccc4ccccc4c3O)sc2c1. The molecule has 0 aliphatic carbocycles. The number of halogens is 1. The lowest BCUT2D eigenvalue weighted by Gasteiger charge is -2.07. The van der Waals surface area contributed by atoms with Crippen LogP contribution in [0, 0.1) is 3.57 Å². The van der Waals surface area contributed by atoms with Gasteiger partial charge in [0.15, 0.2) is 0 Å². The number of nitrogens with zero attached hydrogens (tertiary/aromatic N) is 1. The van der Waals surface area contributed by atoms with Gasteiger partial charge in [-0.1, -0.05) is 55.8 Å². The number of fused-ring (bicyclic) bond motifs is 2. The number of aromatic nitrogens is 1. The molecular formula is C27H22INOS. The van der Waals surface area contributed by atoms with E-state index in [9.17, 15) is 5.11 Å². The molecule has 1 N–H and O–H groups in total. The Bertz CT molecular complexity index is 1390. The molecule has 1 heterocycles. The molecule has 0 unspecified atom stereocenters. The van der Waals surface area contributed by atoms with E-state index in [1.807, 2.05) is 30.3 Å². The summed E-state index contributed by atoms with van der Waals surface area (Å²) < 4.78 is 2.39. The van der Waals surface area contributed by atoms with E-state index in [1.165, 1.54) is 37.8 Å². The third-order valence-electron chi connectivity index (χ3n) is 5.66. The Kier molecular flexibility index (Phi) is 5.67. The highest BCUT2D eigenvalue weighted by Gasteiger charge is 2.16. The molecule has 0 fully saturated rings. The molecule has 0 saturated heterocycles. The Morgan fingerprint density at radius 3 is 2.55 bits per heavy atom. The predicted molar refractivity (Wildman–Crippen MR) is 141 cm³/mol. The van der Waals surface area contributed by atoms with Gasteiger partial charge in [0.05, 0.1) is 15.8 Å². The number of unbranched alkanes of at least 4 members (excludes halogenated alkanes) is 1. The van der Waals surface area contributed by atoms with Crippen molar-refractivity contribution in [3.05, 3.63) is 81.9 Å². The van der Waals surface area contributed by atoms with Crippen LogP contribution in [0.3, 0.4) is 0 Å². The second kappa shape index (κ2) is 8.60. The van der Waals surface area contributed by atoms with Gasteiger partial charge in [0.1, 0.15) is 10.8 Å². The average Bonchev–Trinajstić information content (AvgIpc) is 3.22.